The van der Waals surface area contributed by atoms with E-state index in [1.165, 1.54) is 27.8 Å². The van der Waals surface area contributed by atoms with Crippen LogP contribution in [0.25, 0.3) is 11.4 Å². The van der Waals surface area contributed by atoms with Gasteiger partial charge in [-0.15, -0.1) is 16.4 Å². The van der Waals surface area contributed by atoms with Gasteiger partial charge < -0.3 is 25.4 Å². The van der Waals surface area contributed by atoms with Gasteiger partial charge in [-0.2, -0.15) is 0 Å². The number of nitrogens with two attached hydrogens (primary N) is 1. The Kier molecular flexibility index (Phi) is 7.30. The molecule has 0 bridgehead atoms. The lowest BCUT2D eigenvalue weighted by molar-refractivity contribution is -0.191. The van der Waals surface area contributed by atoms with Crippen LogP contribution in [0.1, 0.15) is 18.7 Å². The third-order valence-corrected chi connectivity index (χ3v) is 7.19. The standard InChI is InChI=1S/C19H23ClN6O4S2/c1-3-29-17-15(26-6-11(24-25-26)12-8-31-19(21)23-12)16(28)13(7-27)30-18(17)32-14-4-10(20)5-22-9(14)2/h4-6,8,13,15-18,27-28H,3,7H2,1-2H3,(H2,21,23)/t13?,15-,16-,17?,18+/m0/s1. The van der Waals surface area contributed by atoms with Crippen LogP contribution < -0.4 is 5.73 Å². The summed E-state index contributed by atoms with van der Waals surface area (Å²) in [6.07, 6.45) is 0.734. The first-order chi connectivity index (χ1) is 15.4. The summed E-state index contributed by atoms with van der Waals surface area (Å²) in [6.45, 7) is 3.75. The maximum absolute atomic E-state index is 11.0. The van der Waals surface area contributed by atoms with Crippen molar-refractivity contribution in [2.45, 2.75) is 48.5 Å². The minimum atomic E-state index is -1.08. The number of pyridine rings is 1. The van der Waals surface area contributed by atoms with E-state index < -0.39 is 29.8 Å². The predicted octanol–water partition coefficient (Wildman–Crippen LogP) is 2.16. The highest BCUT2D eigenvalue weighted by molar-refractivity contribution is 7.99. The van der Waals surface area contributed by atoms with Crippen molar-refractivity contribution in [1.82, 2.24) is 25.0 Å². The molecule has 0 saturated carbocycles. The van der Waals surface area contributed by atoms with Crippen LogP contribution in [0.3, 0.4) is 0 Å². The van der Waals surface area contributed by atoms with E-state index in [1.807, 2.05) is 13.8 Å². The van der Waals surface area contributed by atoms with Crippen LogP contribution >= 0.6 is 34.7 Å². The van der Waals surface area contributed by atoms with Crippen molar-refractivity contribution in [2.75, 3.05) is 18.9 Å². The smallest absolute Gasteiger partial charge is 0.180 e. The Bertz CT molecular complexity index is 1070. The molecule has 4 N–H and O–H groups in total. The van der Waals surface area contributed by atoms with Crippen LogP contribution in [-0.2, 0) is 9.47 Å². The number of ether oxygens (including phenoxy) is 2. The molecule has 1 saturated heterocycles. The fraction of sp³-hybridized carbons (Fsp3) is 0.474. The molecule has 2 unspecified atom stereocenters. The van der Waals surface area contributed by atoms with Crippen molar-refractivity contribution in [1.29, 1.82) is 0 Å². The second-order valence-corrected chi connectivity index (χ2v) is 9.60. The van der Waals surface area contributed by atoms with E-state index in [0.29, 0.717) is 28.1 Å². The van der Waals surface area contributed by atoms with Crippen molar-refractivity contribution in [3.8, 4) is 11.4 Å². The average Bonchev–Trinajstić information content (AvgIpc) is 3.42. The molecule has 0 amide bonds. The van der Waals surface area contributed by atoms with E-state index in [0.717, 1.165) is 10.6 Å². The first kappa shape index (κ1) is 23.4. The molecular weight excluding hydrogens is 476 g/mol. The van der Waals surface area contributed by atoms with Crippen LogP contribution in [0.15, 0.2) is 28.7 Å². The molecule has 0 spiro atoms. The number of thioether (sulfide) groups is 1. The zero-order chi connectivity index (χ0) is 22.8. The number of nitrogens with zero attached hydrogens (tertiary/aromatic N) is 5. The lowest BCUT2D eigenvalue weighted by atomic mass is 9.97. The second kappa shape index (κ2) is 10.00. The molecule has 13 heteroatoms. The first-order valence-corrected chi connectivity index (χ1v) is 12.0. The molecule has 1 fully saturated rings. The number of rotatable bonds is 7. The van der Waals surface area contributed by atoms with Crippen LogP contribution in [0.4, 0.5) is 5.13 Å². The second-order valence-electron chi connectivity index (χ2n) is 7.14. The molecule has 10 nitrogen and oxygen atoms in total. The zero-order valence-corrected chi connectivity index (χ0v) is 19.7. The molecule has 1 aliphatic rings. The molecule has 4 heterocycles. The number of hydrogen-bond donors (Lipinski definition) is 3. The summed E-state index contributed by atoms with van der Waals surface area (Å²) in [5, 5.41) is 32.0. The summed E-state index contributed by atoms with van der Waals surface area (Å²) in [5.74, 6) is 0. The third-order valence-electron chi connectivity index (χ3n) is 5.03. The Hall–Kier alpha value is -1.80. The molecule has 0 aliphatic carbocycles. The van der Waals surface area contributed by atoms with Gasteiger partial charge in [0.15, 0.2) is 5.13 Å². The molecule has 1 aliphatic heterocycles. The van der Waals surface area contributed by atoms with Crippen molar-refractivity contribution in [2.24, 2.45) is 0 Å². The van der Waals surface area contributed by atoms with Gasteiger partial charge in [0.25, 0.3) is 0 Å². The Balaban J connectivity index is 1.68. The van der Waals surface area contributed by atoms with Crippen molar-refractivity contribution < 1.29 is 19.7 Å². The average molecular weight is 499 g/mol. The molecule has 32 heavy (non-hydrogen) atoms. The monoisotopic (exact) mass is 498 g/mol. The molecule has 4 rings (SSSR count). The van der Waals surface area contributed by atoms with E-state index in [4.69, 9.17) is 26.8 Å². The van der Waals surface area contributed by atoms with Crippen molar-refractivity contribution in [3.05, 3.63) is 34.6 Å². The Morgan fingerprint density at radius 1 is 1.41 bits per heavy atom. The predicted molar refractivity (Wildman–Crippen MR) is 122 cm³/mol. The van der Waals surface area contributed by atoms with Crippen LogP contribution in [0.5, 0.6) is 0 Å². The summed E-state index contributed by atoms with van der Waals surface area (Å²) >= 11 is 8.81. The number of thiazole rings is 1. The number of hydrogen-bond acceptors (Lipinski definition) is 11. The zero-order valence-electron chi connectivity index (χ0n) is 17.3. The van der Waals surface area contributed by atoms with E-state index >= 15 is 0 Å². The topological polar surface area (TPSA) is 141 Å². The summed E-state index contributed by atoms with van der Waals surface area (Å²) in [5.41, 5.74) is 7.06. The highest BCUT2D eigenvalue weighted by atomic mass is 35.5. The quantitative estimate of drug-likeness (QED) is 0.443. The van der Waals surface area contributed by atoms with Gasteiger partial charge in [0, 0.05) is 23.1 Å². The maximum atomic E-state index is 11.0. The summed E-state index contributed by atoms with van der Waals surface area (Å²) < 4.78 is 13.6. The van der Waals surface area contributed by atoms with Gasteiger partial charge in [0.05, 0.1) is 23.5 Å². The SMILES string of the molecule is CCOC1[C@@H](Sc2cc(Cl)cnc2C)OC(CO)[C@H](O)[C@@H]1n1cc(-c2csc(N)n2)nn1. The number of halogens is 1. The summed E-state index contributed by atoms with van der Waals surface area (Å²) in [7, 11) is 0. The van der Waals surface area contributed by atoms with E-state index in [2.05, 4.69) is 20.3 Å². The Morgan fingerprint density at radius 2 is 2.22 bits per heavy atom. The number of aliphatic hydroxyl groups is 2. The highest BCUT2D eigenvalue weighted by Gasteiger charge is 2.48. The summed E-state index contributed by atoms with van der Waals surface area (Å²) in [6, 6.07) is 1.14. The molecule has 5 atom stereocenters. The number of aliphatic hydroxyl groups excluding tert-OH is 2. The van der Waals surface area contributed by atoms with E-state index in [9.17, 15) is 10.2 Å². The van der Waals surface area contributed by atoms with Gasteiger partial charge in [-0.25, -0.2) is 9.67 Å². The lowest BCUT2D eigenvalue weighted by Gasteiger charge is -2.43. The van der Waals surface area contributed by atoms with Gasteiger partial charge in [-0.1, -0.05) is 28.6 Å². The molecule has 0 aromatic carbocycles. The maximum Gasteiger partial charge on any atom is 0.180 e. The number of aryl methyl sites for hydroxylation is 1. The number of anilines is 1. The molecule has 172 valence electrons. The molecule has 3 aromatic rings. The first-order valence-electron chi connectivity index (χ1n) is 9.89. The largest absolute Gasteiger partial charge is 0.394 e. The van der Waals surface area contributed by atoms with Crippen LogP contribution in [0, 0.1) is 6.92 Å². The van der Waals surface area contributed by atoms with Gasteiger partial charge in [0.1, 0.15) is 41.2 Å². The molecule has 0 radical (unpaired) electrons. The van der Waals surface area contributed by atoms with Gasteiger partial charge in [-0.05, 0) is 19.9 Å². The van der Waals surface area contributed by atoms with Crippen molar-refractivity contribution >= 4 is 39.8 Å². The normalized spacial score (nSPS) is 25.8. The van der Waals surface area contributed by atoms with E-state index in [1.54, 1.807) is 23.8 Å². The fourth-order valence-corrected chi connectivity index (χ4v) is 5.53. The fourth-order valence-electron chi connectivity index (χ4n) is 3.51. The molecule has 3 aromatic heterocycles. The minimum Gasteiger partial charge on any atom is -0.394 e. The molecular formula is C19H23ClN6O4S2. The van der Waals surface area contributed by atoms with Crippen LogP contribution in [0.2, 0.25) is 5.02 Å². The number of nitrogen functional groups attached to an aromatic ring is 1. The van der Waals surface area contributed by atoms with Gasteiger partial charge >= 0.3 is 0 Å². The Labute approximate surface area is 197 Å². The highest BCUT2D eigenvalue weighted by Crippen LogP contribution is 2.41. The third kappa shape index (κ3) is 4.76. The minimum absolute atomic E-state index is 0.371. The van der Waals surface area contributed by atoms with Gasteiger partial charge in [-0.3, -0.25) is 4.98 Å². The Morgan fingerprint density at radius 3 is 2.91 bits per heavy atom. The van der Waals surface area contributed by atoms with Gasteiger partial charge in [0.2, 0.25) is 0 Å². The lowest BCUT2D eigenvalue weighted by Crippen LogP contribution is -2.55. The number of aromatic nitrogens is 5. The summed E-state index contributed by atoms with van der Waals surface area (Å²) in [4.78, 5) is 9.34. The van der Waals surface area contributed by atoms with Crippen LogP contribution in [-0.4, -0.2) is 72.1 Å². The van der Waals surface area contributed by atoms with Crippen molar-refractivity contribution in [3.63, 3.8) is 0 Å². The van der Waals surface area contributed by atoms with E-state index in [-0.39, 0.29) is 6.61 Å².